The molecule has 5 rings (SSSR count). The van der Waals surface area contributed by atoms with E-state index in [0.717, 1.165) is 11.1 Å². The fraction of sp³-hybridized carbons (Fsp3) is 0.323. The molecule has 0 saturated carbocycles. The van der Waals surface area contributed by atoms with Gasteiger partial charge in [-0.05, 0) is 54.9 Å². The molecule has 9 heteroatoms. The molecular weight excluding hydrogens is 511 g/mol. The van der Waals surface area contributed by atoms with Crippen LogP contribution in [-0.4, -0.2) is 62.4 Å². The third-order valence-corrected chi connectivity index (χ3v) is 6.57. The number of carbonyl (C=O) groups excluding carboxylic acids is 1. The van der Waals surface area contributed by atoms with Gasteiger partial charge in [0, 0.05) is 44.0 Å². The number of hydrogen-bond donors (Lipinski definition) is 1. The quantitative estimate of drug-likeness (QED) is 0.325. The van der Waals surface area contributed by atoms with Gasteiger partial charge in [-0.2, -0.15) is 5.26 Å². The molecule has 2 aromatic carbocycles. The summed E-state index contributed by atoms with van der Waals surface area (Å²) in [5, 5.41) is 12.8. The van der Waals surface area contributed by atoms with Crippen LogP contribution < -0.4 is 14.8 Å². The Kier molecular flexibility index (Phi) is 9.02. The minimum absolute atomic E-state index is 0.133. The minimum Gasteiger partial charge on any atom is -0.496 e. The summed E-state index contributed by atoms with van der Waals surface area (Å²) in [7, 11) is 4.92. The average molecular weight is 545 g/mol. The van der Waals surface area contributed by atoms with Gasteiger partial charge in [0.1, 0.15) is 41.1 Å². The Morgan fingerprint density at radius 3 is 2.62 bits per heavy atom. The van der Waals surface area contributed by atoms with Gasteiger partial charge in [0.15, 0.2) is 5.58 Å². The Morgan fingerprint density at radius 1 is 1.12 bits per heavy atom. The average Bonchev–Trinajstić information content (AvgIpc) is 3.43. The molecule has 8 nitrogen and oxygen atoms in total. The van der Waals surface area contributed by atoms with Gasteiger partial charge < -0.3 is 24.1 Å². The topological polar surface area (TPSA) is 101 Å². The van der Waals surface area contributed by atoms with Crippen LogP contribution in [0.5, 0.6) is 11.5 Å². The molecule has 1 N–H and O–H groups in total. The van der Waals surface area contributed by atoms with E-state index >= 15 is 0 Å². The van der Waals surface area contributed by atoms with Crippen LogP contribution in [0.4, 0.5) is 4.39 Å². The first-order valence-electron chi connectivity index (χ1n) is 13.2. The summed E-state index contributed by atoms with van der Waals surface area (Å²) < 4.78 is 32.0. The smallest absolute Gasteiger partial charge is 0.253 e. The summed E-state index contributed by atoms with van der Waals surface area (Å²) in [6.07, 6.45) is 0.473. The van der Waals surface area contributed by atoms with Crippen LogP contribution in [0.1, 0.15) is 36.2 Å². The van der Waals surface area contributed by atoms with E-state index in [2.05, 4.69) is 16.4 Å². The highest BCUT2D eigenvalue weighted by atomic mass is 19.1. The number of benzene rings is 2. The molecule has 1 fully saturated rings. The molecule has 1 aliphatic heterocycles. The van der Waals surface area contributed by atoms with Crippen molar-refractivity contribution in [2.75, 3.05) is 34.3 Å². The van der Waals surface area contributed by atoms with E-state index in [0.29, 0.717) is 58.0 Å². The van der Waals surface area contributed by atoms with Gasteiger partial charge in [-0.1, -0.05) is 19.9 Å². The number of piperidine rings is 1. The predicted octanol–water partition coefficient (Wildman–Crippen LogP) is 5.85. The maximum atomic E-state index is 14.3. The van der Waals surface area contributed by atoms with Crippen molar-refractivity contribution in [2.45, 2.75) is 32.5 Å². The number of fused-ring (bicyclic) bond motifs is 1. The molecule has 0 spiro atoms. The summed E-state index contributed by atoms with van der Waals surface area (Å²) in [6, 6.07) is 16.2. The van der Waals surface area contributed by atoms with Gasteiger partial charge in [0.25, 0.3) is 5.91 Å². The first kappa shape index (κ1) is 28.6. The second-order valence-electron chi connectivity index (χ2n) is 9.29. The highest BCUT2D eigenvalue weighted by Gasteiger charge is 2.27. The number of aromatic nitrogens is 1. The van der Waals surface area contributed by atoms with Gasteiger partial charge in [0.2, 0.25) is 0 Å². The lowest BCUT2D eigenvalue weighted by atomic mass is 10.0. The van der Waals surface area contributed by atoms with Crippen LogP contribution in [-0.2, 0) is 0 Å². The molecule has 1 amide bonds. The van der Waals surface area contributed by atoms with E-state index in [-0.39, 0.29) is 12.5 Å². The number of ether oxygens (including phenoxy) is 2. The number of furan rings is 1. The third kappa shape index (κ3) is 5.77. The van der Waals surface area contributed by atoms with Crippen molar-refractivity contribution in [2.24, 2.45) is 0 Å². The SMILES string of the molecule is CC.COc1cc(C(=O)N(C)C)ccc1-c1cc2nccc(-c3ccc(O[C@@H]4CCNC[C@@H]4F)c(C#N)c3)c2o1. The number of methoxy groups -OCH3 is 1. The highest BCUT2D eigenvalue weighted by molar-refractivity contribution is 5.96. The van der Waals surface area contributed by atoms with Gasteiger partial charge in [0.05, 0.1) is 18.2 Å². The standard InChI is InChI=1S/C29H27FN4O4.C2H6/c1-34(2)29(35)18-4-6-21(26(13-18)36-3)27-14-23-28(38-27)20(8-11-33-23)17-5-7-24(19(12-17)15-31)37-25-9-10-32-16-22(25)30;1-2/h4-8,11-14,22,25,32H,9-10,16H2,1-3H3;1-2H3/t22-,25+;/m0./s1. The highest BCUT2D eigenvalue weighted by Crippen LogP contribution is 2.38. The van der Waals surface area contributed by atoms with Crippen molar-refractivity contribution in [3.8, 4) is 40.0 Å². The molecule has 40 heavy (non-hydrogen) atoms. The number of halogens is 1. The molecule has 0 radical (unpaired) electrons. The van der Waals surface area contributed by atoms with E-state index in [1.165, 1.54) is 12.0 Å². The first-order valence-corrected chi connectivity index (χ1v) is 13.2. The third-order valence-electron chi connectivity index (χ3n) is 6.57. The van der Waals surface area contributed by atoms with Crippen molar-refractivity contribution in [3.63, 3.8) is 0 Å². The lowest BCUT2D eigenvalue weighted by molar-refractivity contribution is 0.0729. The summed E-state index contributed by atoms with van der Waals surface area (Å²) in [6.45, 7) is 4.90. The van der Waals surface area contributed by atoms with Crippen molar-refractivity contribution >= 4 is 17.0 Å². The molecule has 2 atom stereocenters. The number of nitriles is 1. The van der Waals surface area contributed by atoms with Crippen LogP contribution in [0.15, 0.2) is 59.1 Å². The number of nitrogens with one attached hydrogen (secondary N) is 1. The predicted molar refractivity (Wildman–Crippen MR) is 152 cm³/mol. The summed E-state index contributed by atoms with van der Waals surface area (Å²) in [5.74, 6) is 1.25. The lowest BCUT2D eigenvalue weighted by Gasteiger charge is -2.27. The van der Waals surface area contributed by atoms with Crippen molar-refractivity contribution in [3.05, 3.63) is 65.9 Å². The Morgan fingerprint density at radius 2 is 1.93 bits per heavy atom. The monoisotopic (exact) mass is 544 g/mol. The van der Waals surface area contributed by atoms with Crippen molar-refractivity contribution in [1.82, 2.24) is 15.2 Å². The number of amides is 1. The van der Waals surface area contributed by atoms with E-state index in [1.54, 1.807) is 50.6 Å². The maximum absolute atomic E-state index is 14.3. The number of carbonyl (C=O) groups is 1. The number of alkyl halides is 1. The number of rotatable bonds is 6. The molecule has 0 bridgehead atoms. The van der Waals surface area contributed by atoms with Crippen LogP contribution in [0.3, 0.4) is 0 Å². The second-order valence-corrected chi connectivity index (χ2v) is 9.29. The Hall–Kier alpha value is -4.42. The van der Waals surface area contributed by atoms with E-state index in [9.17, 15) is 14.4 Å². The molecule has 3 heterocycles. The van der Waals surface area contributed by atoms with Crippen LogP contribution in [0.2, 0.25) is 0 Å². The zero-order chi connectivity index (χ0) is 28.8. The zero-order valence-electron chi connectivity index (χ0n) is 23.3. The number of pyridine rings is 1. The molecule has 0 aliphatic carbocycles. The Bertz CT molecular complexity index is 1540. The Labute approximate surface area is 233 Å². The summed E-state index contributed by atoms with van der Waals surface area (Å²) in [5.41, 5.74) is 4.14. The van der Waals surface area contributed by atoms with Crippen LogP contribution in [0.25, 0.3) is 33.6 Å². The van der Waals surface area contributed by atoms with Gasteiger partial charge in [-0.25, -0.2) is 4.39 Å². The van der Waals surface area contributed by atoms with Crippen molar-refractivity contribution < 1.29 is 23.1 Å². The molecule has 0 unspecified atom stereocenters. The van der Waals surface area contributed by atoms with Gasteiger partial charge in [-0.3, -0.25) is 9.78 Å². The van der Waals surface area contributed by atoms with Gasteiger partial charge >= 0.3 is 0 Å². The lowest BCUT2D eigenvalue weighted by Crippen LogP contribution is -2.44. The normalized spacial score (nSPS) is 16.4. The zero-order valence-corrected chi connectivity index (χ0v) is 23.3. The first-order chi connectivity index (χ1) is 19.4. The van der Waals surface area contributed by atoms with E-state index in [4.69, 9.17) is 13.9 Å². The van der Waals surface area contributed by atoms with E-state index < -0.39 is 12.3 Å². The fourth-order valence-corrected chi connectivity index (χ4v) is 4.56. The fourth-order valence-electron chi connectivity index (χ4n) is 4.56. The van der Waals surface area contributed by atoms with Crippen LogP contribution >= 0.6 is 0 Å². The number of nitrogens with zero attached hydrogens (tertiary/aromatic N) is 3. The summed E-state index contributed by atoms with van der Waals surface area (Å²) >= 11 is 0. The Balaban J connectivity index is 0.00000181. The molecule has 1 aliphatic rings. The minimum atomic E-state index is -1.14. The van der Waals surface area contributed by atoms with Gasteiger partial charge in [-0.15, -0.1) is 0 Å². The summed E-state index contributed by atoms with van der Waals surface area (Å²) in [4.78, 5) is 18.3. The molecule has 1 saturated heterocycles. The van der Waals surface area contributed by atoms with Crippen LogP contribution in [0, 0.1) is 11.3 Å². The maximum Gasteiger partial charge on any atom is 0.253 e. The molecular formula is C31H33FN4O4. The molecule has 208 valence electrons. The molecule has 4 aromatic rings. The number of hydrogen-bond acceptors (Lipinski definition) is 7. The molecule has 2 aromatic heterocycles. The second kappa shape index (κ2) is 12.6. The largest absolute Gasteiger partial charge is 0.496 e. The van der Waals surface area contributed by atoms with Crippen molar-refractivity contribution in [1.29, 1.82) is 5.26 Å². The van der Waals surface area contributed by atoms with E-state index in [1.807, 2.05) is 32.0 Å².